The van der Waals surface area contributed by atoms with E-state index in [4.69, 9.17) is 22.7 Å². The summed E-state index contributed by atoms with van der Waals surface area (Å²) in [6.45, 7) is 1.92. The number of para-hydroxylation sites is 1. The van der Waals surface area contributed by atoms with Crippen molar-refractivity contribution < 1.29 is 4.79 Å². The summed E-state index contributed by atoms with van der Waals surface area (Å²) in [4.78, 5) is 11.3. The third-order valence-electron chi connectivity index (χ3n) is 2.67. The molecule has 3 N–H and O–H groups in total. The summed E-state index contributed by atoms with van der Waals surface area (Å²) in [7, 11) is 0. The maximum Gasteiger partial charge on any atom is 0.252 e. The molecule has 1 aromatic carbocycles. The normalized spacial score (nSPS) is 10.3. The van der Waals surface area contributed by atoms with E-state index in [1.165, 1.54) is 6.07 Å². The molecule has 0 aliphatic heterocycles. The van der Waals surface area contributed by atoms with Crippen LogP contribution in [0.1, 0.15) is 15.9 Å². The Bertz CT molecular complexity index is 676. The molecule has 0 spiro atoms. The predicted molar refractivity (Wildman–Crippen MR) is 69.9 cm³/mol. The lowest BCUT2D eigenvalue weighted by molar-refractivity contribution is 0.0998. The minimum atomic E-state index is -0.662. The lowest BCUT2D eigenvalue weighted by Crippen LogP contribution is -2.28. The molecule has 4 nitrogen and oxygen atoms in total. The van der Waals surface area contributed by atoms with E-state index in [0.717, 1.165) is 11.3 Å². The van der Waals surface area contributed by atoms with Crippen LogP contribution in [-0.2, 0) is 0 Å². The van der Waals surface area contributed by atoms with Gasteiger partial charge < -0.3 is 5.73 Å². The zero-order valence-electron chi connectivity index (χ0n) is 9.77. The molecule has 0 atom stereocenters. The molecular formula is C13H12ClN3O. The molecule has 2 rings (SSSR count). The average molecular weight is 262 g/mol. The van der Waals surface area contributed by atoms with Crippen molar-refractivity contribution in [2.75, 3.05) is 0 Å². The number of nitrogens with two attached hydrogens (primary N) is 1. The zero-order valence-corrected chi connectivity index (χ0v) is 10.5. The van der Waals surface area contributed by atoms with Crippen LogP contribution in [0.15, 0.2) is 36.5 Å². The lowest BCUT2D eigenvalue weighted by Gasteiger charge is -2.12. The van der Waals surface area contributed by atoms with Crippen molar-refractivity contribution in [1.82, 2.24) is 4.57 Å². The molecule has 0 unspecified atom stereocenters. The van der Waals surface area contributed by atoms with Crippen LogP contribution < -0.4 is 11.2 Å². The van der Waals surface area contributed by atoms with Crippen molar-refractivity contribution in [3.05, 3.63) is 58.2 Å². The molecule has 1 heterocycles. The van der Waals surface area contributed by atoms with E-state index < -0.39 is 5.91 Å². The first kappa shape index (κ1) is 12.4. The number of hydrogen-bond acceptors (Lipinski definition) is 2. The van der Waals surface area contributed by atoms with Gasteiger partial charge in [-0.05, 0) is 24.6 Å². The number of nitrogens with zero attached hydrogens (tertiary/aromatic N) is 1. The highest BCUT2D eigenvalue weighted by atomic mass is 35.5. The van der Waals surface area contributed by atoms with Gasteiger partial charge in [-0.3, -0.25) is 14.8 Å². The lowest BCUT2D eigenvalue weighted by atomic mass is 10.2. The predicted octanol–water partition coefficient (Wildman–Crippen LogP) is 2.02. The molecule has 0 fully saturated rings. The van der Waals surface area contributed by atoms with E-state index in [1.807, 2.05) is 31.2 Å². The number of pyridine rings is 1. The van der Waals surface area contributed by atoms with E-state index in [0.29, 0.717) is 5.02 Å². The third kappa shape index (κ3) is 2.15. The smallest absolute Gasteiger partial charge is 0.252 e. The number of nitrogens with one attached hydrogen (secondary N) is 1. The summed E-state index contributed by atoms with van der Waals surface area (Å²) < 4.78 is 1.55. The largest absolute Gasteiger partial charge is 0.365 e. The zero-order chi connectivity index (χ0) is 13.3. The standard InChI is InChI=1S/C13H12ClN3O/c1-8-4-2-3-5-11(8)17-7-9(14)6-10(12(17)15)13(16)18/h2-7,15H,1H3,(H2,16,18). The van der Waals surface area contributed by atoms with Gasteiger partial charge in [-0.1, -0.05) is 29.8 Å². The van der Waals surface area contributed by atoms with Crippen molar-refractivity contribution in [3.63, 3.8) is 0 Å². The number of carbonyl (C=O) groups is 1. The number of benzene rings is 1. The molecule has 92 valence electrons. The fourth-order valence-electron chi connectivity index (χ4n) is 1.77. The number of primary amides is 1. The molecule has 1 aromatic heterocycles. The first-order chi connectivity index (χ1) is 8.50. The van der Waals surface area contributed by atoms with Gasteiger partial charge in [-0.25, -0.2) is 0 Å². The Kier molecular flexibility index (Phi) is 3.21. The van der Waals surface area contributed by atoms with E-state index in [9.17, 15) is 4.79 Å². The van der Waals surface area contributed by atoms with Gasteiger partial charge in [0.05, 0.1) is 10.6 Å². The molecule has 2 aromatic rings. The molecule has 0 aliphatic carbocycles. The molecule has 0 saturated carbocycles. The van der Waals surface area contributed by atoms with Crippen LogP contribution in [0.5, 0.6) is 0 Å². The average Bonchev–Trinajstić information content (AvgIpc) is 2.32. The number of amides is 1. The number of aryl methyl sites for hydroxylation is 1. The Morgan fingerprint density at radius 1 is 1.39 bits per heavy atom. The fourth-order valence-corrected chi connectivity index (χ4v) is 1.98. The third-order valence-corrected chi connectivity index (χ3v) is 2.88. The molecule has 18 heavy (non-hydrogen) atoms. The SMILES string of the molecule is Cc1ccccc1-n1cc(Cl)cc(C(N)=O)c1=N. The van der Waals surface area contributed by atoms with Gasteiger partial charge in [0.1, 0.15) is 5.49 Å². The van der Waals surface area contributed by atoms with Crippen molar-refractivity contribution in [1.29, 1.82) is 5.41 Å². The fraction of sp³-hybridized carbons (Fsp3) is 0.0769. The summed E-state index contributed by atoms with van der Waals surface area (Å²) in [5.41, 5.74) is 7.15. The van der Waals surface area contributed by atoms with Gasteiger partial charge in [0.2, 0.25) is 0 Å². The summed E-state index contributed by atoms with van der Waals surface area (Å²) in [5, 5.41) is 8.38. The molecule has 0 aliphatic rings. The molecule has 0 saturated heterocycles. The van der Waals surface area contributed by atoms with Crippen molar-refractivity contribution in [3.8, 4) is 5.69 Å². The minimum absolute atomic E-state index is 0.0289. The van der Waals surface area contributed by atoms with E-state index in [2.05, 4.69) is 0 Å². The van der Waals surface area contributed by atoms with Crippen molar-refractivity contribution >= 4 is 17.5 Å². The first-order valence-corrected chi connectivity index (χ1v) is 5.71. The van der Waals surface area contributed by atoms with Crippen LogP contribution in [0.3, 0.4) is 0 Å². The summed E-state index contributed by atoms with van der Waals surface area (Å²) in [5.74, 6) is -0.662. The van der Waals surface area contributed by atoms with Crippen LogP contribution in [0, 0.1) is 12.3 Å². The Hall–Kier alpha value is -2.07. The van der Waals surface area contributed by atoms with Crippen LogP contribution in [0.25, 0.3) is 5.69 Å². The van der Waals surface area contributed by atoms with Crippen LogP contribution in [0.2, 0.25) is 5.02 Å². The molecule has 5 heteroatoms. The number of rotatable bonds is 2. The second-order valence-corrected chi connectivity index (χ2v) is 4.38. The Morgan fingerprint density at radius 3 is 2.67 bits per heavy atom. The highest BCUT2D eigenvalue weighted by Gasteiger charge is 2.10. The Morgan fingerprint density at radius 2 is 2.06 bits per heavy atom. The summed E-state index contributed by atoms with van der Waals surface area (Å²) in [6.07, 6.45) is 1.60. The van der Waals surface area contributed by atoms with Gasteiger partial charge >= 0.3 is 0 Å². The number of carbonyl (C=O) groups excluding carboxylic acids is 1. The minimum Gasteiger partial charge on any atom is -0.365 e. The van der Waals surface area contributed by atoms with Crippen LogP contribution in [-0.4, -0.2) is 10.5 Å². The van der Waals surface area contributed by atoms with Crippen molar-refractivity contribution in [2.24, 2.45) is 5.73 Å². The second kappa shape index (κ2) is 4.66. The summed E-state index contributed by atoms with van der Waals surface area (Å²) >= 11 is 5.96. The molecule has 0 bridgehead atoms. The highest BCUT2D eigenvalue weighted by Crippen LogP contribution is 2.15. The maximum atomic E-state index is 11.3. The molecule has 0 radical (unpaired) electrons. The monoisotopic (exact) mass is 261 g/mol. The van der Waals surface area contributed by atoms with Crippen LogP contribution in [0.4, 0.5) is 0 Å². The van der Waals surface area contributed by atoms with Crippen molar-refractivity contribution in [2.45, 2.75) is 6.92 Å². The van der Waals surface area contributed by atoms with Gasteiger partial charge in [-0.15, -0.1) is 0 Å². The highest BCUT2D eigenvalue weighted by molar-refractivity contribution is 6.30. The van der Waals surface area contributed by atoms with E-state index in [-0.39, 0.29) is 11.1 Å². The molecular weight excluding hydrogens is 250 g/mol. The van der Waals surface area contributed by atoms with Gasteiger partial charge in [-0.2, -0.15) is 0 Å². The molecule has 1 amide bonds. The Labute approximate surface area is 109 Å². The van der Waals surface area contributed by atoms with Gasteiger partial charge in [0, 0.05) is 11.9 Å². The van der Waals surface area contributed by atoms with E-state index >= 15 is 0 Å². The Balaban J connectivity index is 2.77. The van der Waals surface area contributed by atoms with Gasteiger partial charge in [0.15, 0.2) is 0 Å². The maximum absolute atomic E-state index is 11.3. The topological polar surface area (TPSA) is 71.9 Å². The number of aromatic nitrogens is 1. The van der Waals surface area contributed by atoms with Crippen LogP contribution >= 0.6 is 11.6 Å². The first-order valence-electron chi connectivity index (χ1n) is 5.33. The van der Waals surface area contributed by atoms with E-state index in [1.54, 1.807) is 10.8 Å². The number of halogens is 1. The number of hydrogen-bond donors (Lipinski definition) is 2. The quantitative estimate of drug-likeness (QED) is 0.853. The summed E-state index contributed by atoms with van der Waals surface area (Å²) in [6, 6.07) is 8.95. The second-order valence-electron chi connectivity index (χ2n) is 3.94. The van der Waals surface area contributed by atoms with Gasteiger partial charge in [0.25, 0.3) is 5.91 Å².